The van der Waals surface area contributed by atoms with Crippen molar-refractivity contribution < 1.29 is 14.2 Å². The first-order valence-electron chi connectivity index (χ1n) is 8.04. The van der Waals surface area contributed by atoms with Crippen LogP contribution in [-0.4, -0.2) is 29.1 Å². The fourth-order valence-corrected chi connectivity index (χ4v) is 2.55. The molecule has 0 aliphatic carbocycles. The SMILES string of the molecule is COc1ccccc1Nc1nncc(NCc2ccc3c(c2)OCO3)n1. The van der Waals surface area contributed by atoms with E-state index in [4.69, 9.17) is 14.2 Å². The van der Waals surface area contributed by atoms with E-state index in [0.717, 1.165) is 22.7 Å². The summed E-state index contributed by atoms with van der Waals surface area (Å²) >= 11 is 0. The quantitative estimate of drug-likeness (QED) is 0.700. The first kappa shape index (κ1) is 15.9. The van der Waals surface area contributed by atoms with Crippen LogP contribution in [0, 0.1) is 0 Å². The van der Waals surface area contributed by atoms with E-state index in [-0.39, 0.29) is 6.79 Å². The number of methoxy groups -OCH3 is 1. The zero-order chi connectivity index (χ0) is 17.8. The van der Waals surface area contributed by atoms with Crippen LogP contribution in [0.4, 0.5) is 17.5 Å². The Bertz CT molecular complexity index is 919. The molecule has 8 heteroatoms. The van der Waals surface area contributed by atoms with E-state index in [2.05, 4.69) is 25.8 Å². The molecule has 26 heavy (non-hydrogen) atoms. The standard InChI is InChI=1S/C18H17N5O3/c1-24-14-5-3-2-4-13(14)21-18-22-17(10-20-23-18)19-9-12-6-7-15-16(8-12)26-11-25-15/h2-8,10H,9,11H2,1H3,(H2,19,21,22,23). The average Bonchev–Trinajstić information content (AvgIpc) is 3.15. The molecule has 2 N–H and O–H groups in total. The lowest BCUT2D eigenvalue weighted by Gasteiger charge is -2.10. The number of fused-ring (bicyclic) bond motifs is 1. The highest BCUT2D eigenvalue weighted by atomic mass is 16.7. The summed E-state index contributed by atoms with van der Waals surface area (Å²) in [7, 11) is 1.61. The number of nitrogens with one attached hydrogen (secondary N) is 2. The van der Waals surface area contributed by atoms with E-state index in [1.54, 1.807) is 13.3 Å². The molecule has 0 spiro atoms. The molecular weight excluding hydrogens is 334 g/mol. The topological polar surface area (TPSA) is 90.4 Å². The Hall–Kier alpha value is -3.55. The molecular formula is C18H17N5O3. The Morgan fingerprint density at radius 1 is 1.12 bits per heavy atom. The van der Waals surface area contributed by atoms with E-state index >= 15 is 0 Å². The van der Waals surface area contributed by atoms with Gasteiger partial charge in [0.15, 0.2) is 17.3 Å². The number of nitrogens with zero attached hydrogens (tertiary/aromatic N) is 3. The Balaban J connectivity index is 1.44. The number of aromatic nitrogens is 3. The molecule has 0 radical (unpaired) electrons. The Morgan fingerprint density at radius 3 is 2.92 bits per heavy atom. The molecule has 2 heterocycles. The Labute approximate surface area is 150 Å². The van der Waals surface area contributed by atoms with Crippen LogP contribution < -0.4 is 24.8 Å². The lowest BCUT2D eigenvalue weighted by Crippen LogP contribution is -2.06. The summed E-state index contributed by atoms with van der Waals surface area (Å²) in [6, 6.07) is 13.4. The minimum absolute atomic E-state index is 0.264. The summed E-state index contributed by atoms with van der Waals surface area (Å²) in [4.78, 5) is 4.42. The predicted octanol–water partition coefficient (Wildman–Crippen LogP) is 2.96. The Morgan fingerprint density at radius 2 is 2.00 bits per heavy atom. The van der Waals surface area contributed by atoms with Gasteiger partial charge in [-0.25, -0.2) is 0 Å². The third-order valence-corrected chi connectivity index (χ3v) is 3.82. The molecule has 1 aliphatic rings. The normalized spacial score (nSPS) is 11.9. The lowest BCUT2D eigenvalue weighted by atomic mass is 10.2. The largest absolute Gasteiger partial charge is 0.495 e. The molecule has 2 aromatic carbocycles. The van der Waals surface area contributed by atoms with Gasteiger partial charge in [-0.05, 0) is 29.8 Å². The molecule has 0 atom stereocenters. The summed E-state index contributed by atoms with van der Waals surface area (Å²) in [5.41, 5.74) is 1.82. The van der Waals surface area contributed by atoms with Crippen LogP contribution in [0.25, 0.3) is 0 Å². The van der Waals surface area contributed by atoms with Crippen LogP contribution in [0.5, 0.6) is 17.2 Å². The van der Waals surface area contributed by atoms with E-state index in [9.17, 15) is 0 Å². The molecule has 0 fully saturated rings. The van der Waals surface area contributed by atoms with Crippen molar-refractivity contribution in [3.05, 3.63) is 54.2 Å². The van der Waals surface area contributed by atoms with Crippen molar-refractivity contribution in [1.29, 1.82) is 0 Å². The third-order valence-electron chi connectivity index (χ3n) is 3.82. The monoisotopic (exact) mass is 351 g/mol. The average molecular weight is 351 g/mol. The first-order valence-corrected chi connectivity index (χ1v) is 8.04. The van der Waals surface area contributed by atoms with E-state index < -0.39 is 0 Å². The maximum Gasteiger partial charge on any atom is 0.249 e. The van der Waals surface area contributed by atoms with Crippen molar-refractivity contribution in [2.45, 2.75) is 6.54 Å². The summed E-state index contributed by atoms with van der Waals surface area (Å²) in [5, 5.41) is 14.3. The van der Waals surface area contributed by atoms with Crippen LogP contribution in [0.2, 0.25) is 0 Å². The second-order valence-electron chi connectivity index (χ2n) is 5.53. The van der Waals surface area contributed by atoms with Gasteiger partial charge in [0.05, 0.1) is 19.0 Å². The van der Waals surface area contributed by atoms with Crippen LogP contribution >= 0.6 is 0 Å². The molecule has 0 saturated heterocycles. The first-order chi connectivity index (χ1) is 12.8. The van der Waals surface area contributed by atoms with Crippen molar-refractivity contribution in [2.24, 2.45) is 0 Å². The third kappa shape index (κ3) is 3.44. The van der Waals surface area contributed by atoms with Crippen molar-refractivity contribution in [2.75, 3.05) is 24.5 Å². The molecule has 8 nitrogen and oxygen atoms in total. The van der Waals surface area contributed by atoms with Gasteiger partial charge in [-0.2, -0.15) is 10.1 Å². The minimum atomic E-state index is 0.264. The molecule has 0 unspecified atom stereocenters. The highest BCUT2D eigenvalue weighted by molar-refractivity contribution is 5.62. The van der Waals surface area contributed by atoms with Crippen LogP contribution in [0.1, 0.15) is 5.56 Å². The highest BCUT2D eigenvalue weighted by Crippen LogP contribution is 2.32. The molecule has 4 rings (SSSR count). The second kappa shape index (κ2) is 7.14. The van der Waals surface area contributed by atoms with E-state index in [0.29, 0.717) is 24.1 Å². The zero-order valence-corrected chi connectivity index (χ0v) is 14.1. The van der Waals surface area contributed by atoms with Crippen LogP contribution in [0.15, 0.2) is 48.7 Å². The van der Waals surface area contributed by atoms with Gasteiger partial charge < -0.3 is 24.8 Å². The van der Waals surface area contributed by atoms with Crippen molar-refractivity contribution >= 4 is 17.5 Å². The van der Waals surface area contributed by atoms with Gasteiger partial charge in [0, 0.05) is 6.54 Å². The molecule has 0 saturated carbocycles. The number of benzene rings is 2. The van der Waals surface area contributed by atoms with Gasteiger partial charge in [0.2, 0.25) is 12.7 Å². The number of para-hydroxylation sites is 2. The van der Waals surface area contributed by atoms with Crippen LogP contribution in [0.3, 0.4) is 0 Å². The summed E-state index contributed by atoms with van der Waals surface area (Å²) in [5.74, 6) is 3.21. The fourth-order valence-electron chi connectivity index (χ4n) is 2.55. The Kier molecular flexibility index (Phi) is 4.38. The second-order valence-corrected chi connectivity index (χ2v) is 5.53. The summed E-state index contributed by atoms with van der Waals surface area (Å²) in [6.45, 7) is 0.837. The van der Waals surface area contributed by atoms with Gasteiger partial charge in [-0.3, -0.25) is 0 Å². The predicted molar refractivity (Wildman–Crippen MR) is 96.0 cm³/mol. The van der Waals surface area contributed by atoms with Gasteiger partial charge in [-0.1, -0.05) is 18.2 Å². The van der Waals surface area contributed by atoms with E-state index in [1.807, 2.05) is 42.5 Å². The van der Waals surface area contributed by atoms with Crippen molar-refractivity contribution in [3.8, 4) is 17.2 Å². The van der Waals surface area contributed by atoms with Gasteiger partial charge in [0.25, 0.3) is 0 Å². The van der Waals surface area contributed by atoms with Crippen LogP contribution in [-0.2, 0) is 6.54 Å². The molecule has 0 bridgehead atoms. The molecule has 3 aromatic rings. The van der Waals surface area contributed by atoms with Gasteiger partial charge >= 0.3 is 0 Å². The number of hydrogen-bond acceptors (Lipinski definition) is 8. The summed E-state index contributed by atoms with van der Waals surface area (Å²) < 4.78 is 16.0. The molecule has 1 aliphatic heterocycles. The maximum absolute atomic E-state index is 5.39. The van der Waals surface area contributed by atoms with Gasteiger partial charge in [0.1, 0.15) is 5.75 Å². The lowest BCUT2D eigenvalue weighted by molar-refractivity contribution is 0.174. The van der Waals surface area contributed by atoms with Crippen molar-refractivity contribution in [1.82, 2.24) is 15.2 Å². The van der Waals surface area contributed by atoms with Crippen molar-refractivity contribution in [3.63, 3.8) is 0 Å². The van der Waals surface area contributed by atoms with E-state index in [1.165, 1.54) is 0 Å². The molecule has 0 amide bonds. The number of hydrogen-bond donors (Lipinski definition) is 2. The zero-order valence-electron chi connectivity index (χ0n) is 14.1. The number of anilines is 3. The van der Waals surface area contributed by atoms with Gasteiger partial charge in [-0.15, -0.1) is 5.10 Å². The highest BCUT2D eigenvalue weighted by Gasteiger charge is 2.13. The maximum atomic E-state index is 5.39. The summed E-state index contributed by atoms with van der Waals surface area (Å²) in [6.07, 6.45) is 1.57. The number of ether oxygens (including phenoxy) is 3. The fraction of sp³-hybridized carbons (Fsp3) is 0.167. The molecule has 1 aromatic heterocycles. The smallest absolute Gasteiger partial charge is 0.249 e. The molecule has 132 valence electrons. The minimum Gasteiger partial charge on any atom is -0.495 e. The number of rotatable bonds is 6.